The lowest BCUT2D eigenvalue weighted by Crippen LogP contribution is -2.34. The minimum Gasteiger partial charge on any atom is -0.381 e. The van der Waals surface area contributed by atoms with Gasteiger partial charge < -0.3 is 10.1 Å². The molecule has 2 aromatic rings. The van der Waals surface area contributed by atoms with Crippen LogP contribution in [0.2, 0.25) is 0 Å². The lowest BCUT2D eigenvalue weighted by molar-refractivity contribution is -0.121. The van der Waals surface area contributed by atoms with Crippen molar-refractivity contribution in [1.29, 1.82) is 0 Å². The van der Waals surface area contributed by atoms with Gasteiger partial charge in [0.05, 0.1) is 11.6 Å². The van der Waals surface area contributed by atoms with Gasteiger partial charge in [0.2, 0.25) is 5.91 Å². The van der Waals surface area contributed by atoms with Gasteiger partial charge in [-0.15, -0.1) is 0 Å². The number of benzene rings is 1. The summed E-state index contributed by atoms with van der Waals surface area (Å²) >= 11 is 0. The Hall–Kier alpha value is -2.21. The van der Waals surface area contributed by atoms with E-state index in [9.17, 15) is 9.59 Å². The van der Waals surface area contributed by atoms with Crippen molar-refractivity contribution in [2.24, 2.45) is 5.92 Å². The van der Waals surface area contributed by atoms with Crippen molar-refractivity contribution >= 4 is 16.7 Å². The van der Waals surface area contributed by atoms with E-state index in [2.05, 4.69) is 24.3 Å². The Morgan fingerprint density at radius 3 is 2.91 bits per heavy atom. The van der Waals surface area contributed by atoms with Gasteiger partial charge in [-0.05, 0) is 18.4 Å². The van der Waals surface area contributed by atoms with Gasteiger partial charge in [0.1, 0.15) is 6.54 Å². The number of carbonyl (C=O) groups excluding carboxylic acids is 1. The fourth-order valence-electron chi connectivity index (χ4n) is 2.15. The number of hydrogen-bond acceptors (Lipinski definition) is 4. The molecule has 0 atom stereocenters. The second kappa shape index (κ2) is 8.43. The van der Waals surface area contributed by atoms with E-state index >= 15 is 0 Å². The maximum absolute atomic E-state index is 12.2. The second-order valence-electron chi connectivity index (χ2n) is 5.87. The quantitative estimate of drug-likeness (QED) is 0.750. The van der Waals surface area contributed by atoms with Crippen LogP contribution < -0.4 is 10.9 Å². The molecule has 1 amide bonds. The van der Waals surface area contributed by atoms with E-state index in [1.807, 2.05) is 12.1 Å². The Morgan fingerprint density at radius 2 is 2.13 bits per heavy atom. The number of hydrogen-bond donors (Lipinski definition) is 1. The number of carbonyl (C=O) groups is 1. The first-order valence-corrected chi connectivity index (χ1v) is 7.87. The first kappa shape index (κ1) is 17.1. The maximum atomic E-state index is 12.2. The number of aromatic nitrogens is 2. The van der Waals surface area contributed by atoms with Gasteiger partial charge in [-0.3, -0.25) is 9.59 Å². The highest BCUT2D eigenvalue weighted by molar-refractivity contribution is 5.81. The SMILES string of the molecule is CC(C)COCCCNC(=O)Cn1ncc2ccccc2c1=O. The Balaban J connectivity index is 1.82. The fraction of sp³-hybridized carbons (Fsp3) is 0.471. The van der Waals surface area contributed by atoms with Crippen LogP contribution in [0, 0.1) is 5.92 Å². The van der Waals surface area contributed by atoms with Crippen LogP contribution in [0.1, 0.15) is 20.3 Å². The predicted molar refractivity (Wildman–Crippen MR) is 89.3 cm³/mol. The summed E-state index contributed by atoms with van der Waals surface area (Å²) in [6.07, 6.45) is 2.35. The molecule has 0 spiro atoms. The van der Waals surface area contributed by atoms with Gasteiger partial charge in [0.15, 0.2) is 0 Å². The van der Waals surface area contributed by atoms with E-state index in [4.69, 9.17) is 4.74 Å². The molecular formula is C17H23N3O3. The molecule has 0 saturated heterocycles. The van der Waals surface area contributed by atoms with Crippen molar-refractivity contribution in [3.05, 3.63) is 40.8 Å². The lowest BCUT2D eigenvalue weighted by Gasteiger charge is -2.09. The molecule has 6 heteroatoms. The van der Waals surface area contributed by atoms with Crippen LogP contribution in [0.25, 0.3) is 10.8 Å². The summed E-state index contributed by atoms with van der Waals surface area (Å²) in [7, 11) is 0. The zero-order valence-electron chi connectivity index (χ0n) is 13.6. The number of rotatable bonds is 8. The molecule has 0 aliphatic heterocycles. The third-order valence-corrected chi connectivity index (χ3v) is 3.29. The molecule has 0 aliphatic rings. The third kappa shape index (κ3) is 5.17. The standard InChI is InChI=1S/C17H23N3O3/c1-13(2)12-23-9-5-8-18-16(21)11-20-17(22)15-7-4-3-6-14(15)10-19-20/h3-4,6-7,10,13H,5,8-9,11-12H2,1-2H3,(H,18,21). The van der Waals surface area contributed by atoms with Crippen LogP contribution >= 0.6 is 0 Å². The van der Waals surface area contributed by atoms with Gasteiger partial charge in [0.25, 0.3) is 5.56 Å². The summed E-state index contributed by atoms with van der Waals surface area (Å²) in [5.41, 5.74) is -0.251. The van der Waals surface area contributed by atoms with Crippen LogP contribution in [0.15, 0.2) is 35.3 Å². The molecule has 124 valence electrons. The highest BCUT2D eigenvalue weighted by atomic mass is 16.5. The number of amides is 1. The van der Waals surface area contributed by atoms with Crippen LogP contribution in [0.5, 0.6) is 0 Å². The lowest BCUT2D eigenvalue weighted by atomic mass is 10.2. The van der Waals surface area contributed by atoms with E-state index < -0.39 is 0 Å². The van der Waals surface area contributed by atoms with Crippen molar-refractivity contribution in [2.75, 3.05) is 19.8 Å². The summed E-state index contributed by atoms with van der Waals surface area (Å²) in [5, 5.41) is 8.16. The molecule has 1 aromatic heterocycles. The minimum absolute atomic E-state index is 0.0729. The van der Waals surface area contributed by atoms with E-state index in [0.717, 1.165) is 18.4 Å². The largest absolute Gasteiger partial charge is 0.381 e. The first-order chi connectivity index (χ1) is 11.1. The Labute approximate surface area is 135 Å². The van der Waals surface area contributed by atoms with Crippen LogP contribution in [-0.2, 0) is 16.1 Å². The normalized spacial score (nSPS) is 11.1. The summed E-state index contributed by atoms with van der Waals surface area (Å²) in [5.74, 6) is 0.286. The number of nitrogens with zero attached hydrogens (tertiary/aromatic N) is 2. The smallest absolute Gasteiger partial charge is 0.275 e. The average molecular weight is 317 g/mol. The molecular weight excluding hydrogens is 294 g/mol. The van der Waals surface area contributed by atoms with Gasteiger partial charge in [-0.1, -0.05) is 32.0 Å². The van der Waals surface area contributed by atoms with E-state index in [-0.39, 0.29) is 18.0 Å². The number of ether oxygens (including phenoxy) is 1. The van der Waals surface area contributed by atoms with Crippen molar-refractivity contribution in [3.8, 4) is 0 Å². The highest BCUT2D eigenvalue weighted by Gasteiger charge is 2.07. The molecule has 1 N–H and O–H groups in total. The minimum atomic E-state index is -0.251. The third-order valence-electron chi connectivity index (χ3n) is 3.29. The van der Waals surface area contributed by atoms with Crippen LogP contribution in [-0.4, -0.2) is 35.4 Å². The second-order valence-corrected chi connectivity index (χ2v) is 5.87. The Morgan fingerprint density at radius 1 is 1.35 bits per heavy atom. The van der Waals surface area contributed by atoms with E-state index in [1.165, 1.54) is 4.68 Å². The average Bonchev–Trinajstić information content (AvgIpc) is 2.53. The summed E-state index contributed by atoms with van der Waals surface area (Å²) in [6.45, 7) is 5.99. The maximum Gasteiger partial charge on any atom is 0.275 e. The molecule has 6 nitrogen and oxygen atoms in total. The summed E-state index contributed by atoms with van der Waals surface area (Å²) in [4.78, 5) is 24.1. The molecule has 0 fully saturated rings. The zero-order valence-corrected chi connectivity index (χ0v) is 13.6. The Bertz CT molecular complexity index is 710. The van der Waals surface area contributed by atoms with Crippen LogP contribution in [0.3, 0.4) is 0 Å². The van der Waals surface area contributed by atoms with Gasteiger partial charge in [-0.2, -0.15) is 5.10 Å². The number of fused-ring (bicyclic) bond motifs is 1. The predicted octanol–water partition coefficient (Wildman–Crippen LogP) is 1.58. The zero-order chi connectivity index (χ0) is 16.7. The van der Waals surface area contributed by atoms with E-state index in [0.29, 0.717) is 24.5 Å². The molecule has 1 aromatic carbocycles. The van der Waals surface area contributed by atoms with Crippen molar-refractivity contribution < 1.29 is 9.53 Å². The fourth-order valence-corrected chi connectivity index (χ4v) is 2.15. The molecule has 0 saturated carbocycles. The van der Waals surface area contributed by atoms with Gasteiger partial charge >= 0.3 is 0 Å². The summed E-state index contributed by atoms with van der Waals surface area (Å²) < 4.78 is 6.63. The van der Waals surface area contributed by atoms with E-state index in [1.54, 1.807) is 18.3 Å². The molecule has 0 bridgehead atoms. The highest BCUT2D eigenvalue weighted by Crippen LogP contribution is 2.06. The monoisotopic (exact) mass is 317 g/mol. The number of nitrogens with one attached hydrogen (secondary N) is 1. The van der Waals surface area contributed by atoms with Crippen molar-refractivity contribution in [3.63, 3.8) is 0 Å². The van der Waals surface area contributed by atoms with Gasteiger partial charge in [0, 0.05) is 25.1 Å². The molecule has 0 radical (unpaired) electrons. The Kier molecular flexibility index (Phi) is 6.29. The molecule has 1 heterocycles. The van der Waals surface area contributed by atoms with Crippen molar-refractivity contribution in [2.45, 2.75) is 26.8 Å². The summed E-state index contributed by atoms with van der Waals surface area (Å²) in [6, 6.07) is 7.21. The molecule has 0 aliphatic carbocycles. The van der Waals surface area contributed by atoms with Gasteiger partial charge in [-0.25, -0.2) is 4.68 Å². The topological polar surface area (TPSA) is 73.2 Å². The van der Waals surface area contributed by atoms with Crippen molar-refractivity contribution in [1.82, 2.24) is 15.1 Å². The first-order valence-electron chi connectivity index (χ1n) is 7.87. The molecule has 23 heavy (non-hydrogen) atoms. The van der Waals surface area contributed by atoms with Crippen LogP contribution in [0.4, 0.5) is 0 Å². The molecule has 0 unspecified atom stereocenters. The molecule has 2 rings (SSSR count).